The average Bonchev–Trinajstić information content (AvgIpc) is 3.88. The molecule has 330 valence electrons. The Labute approximate surface area is 410 Å². The van der Waals surface area contributed by atoms with Crippen molar-refractivity contribution in [2.45, 2.75) is 19.3 Å². The topological polar surface area (TPSA) is 4.93 Å². The molecule has 0 bridgehead atoms. The summed E-state index contributed by atoms with van der Waals surface area (Å²) in [4.78, 5) is 0. The van der Waals surface area contributed by atoms with Gasteiger partial charge in [-0.25, -0.2) is 0 Å². The molecule has 1 aliphatic carbocycles. The first kappa shape index (κ1) is 41.4. The first-order valence-corrected chi connectivity index (χ1v) is 24.4. The fourth-order valence-electron chi connectivity index (χ4n) is 11.0. The van der Waals surface area contributed by atoms with Crippen LogP contribution in [0.2, 0.25) is 0 Å². The third-order valence-electron chi connectivity index (χ3n) is 14.9. The highest BCUT2D eigenvalue weighted by atomic mass is 15.0. The molecule has 0 radical (unpaired) electrons. The maximum Gasteiger partial charge on any atom is 0.0541 e. The fourth-order valence-corrected chi connectivity index (χ4v) is 11.0. The van der Waals surface area contributed by atoms with Gasteiger partial charge in [-0.3, -0.25) is 0 Å². The average molecular weight is 892 g/mol. The molecule has 0 saturated heterocycles. The van der Waals surface area contributed by atoms with E-state index in [1.807, 2.05) is 0 Å². The van der Waals surface area contributed by atoms with E-state index >= 15 is 0 Å². The second-order valence-electron chi connectivity index (χ2n) is 19.3. The Morgan fingerprint density at radius 3 is 0.900 bits per heavy atom. The molecule has 0 amide bonds. The standard InChI is InChI=1S/C69H49N/c1-69(2)65-44-59(48-16-10-5-11-17-48)34-38-61(65)62-39-37-60(45-66(62)69)70-67-40-35-57(55-30-26-53(27-31-55)51-22-18-49(19-23-51)46-12-6-3-7-13-46)42-63(67)64-43-58(36-41-68(64)70)56-32-28-54(29-33-56)52-24-20-50(21-25-52)47-14-8-4-9-15-47/h3-45H,1-2H3. The zero-order valence-corrected chi connectivity index (χ0v) is 39.3. The largest absolute Gasteiger partial charge is 0.309 e. The van der Waals surface area contributed by atoms with Crippen LogP contribution in [0.15, 0.2) is 261 Å². The summed E-state index contributed by atoms with van der Waals surface area (Å²) in [5, 5.41) is 2.47. The van der Waals surface area contributed by atoms with E-state index in [2.05, 4.69) is 279 Å². The summed E-state index contributed by atoms with van der Waals surface area (Å²) in [6, 6.07) is 96.0. The maximum absolute atomic E-state index is 2.48. The van der Waals surface area contributed by atoms with Gasteiger partial charge in [0.15, 0.2) is 0 Å². The first-order chi connectivity index (χ1) is 34.4. The second kappa shape index (κ2) is 16.8. The van der Waals surface area contributed by atoms with Crippen molar-refractivity contribution in [1.82, 2.24) is 4.57 Å². The first-order valence-electron chi connectivity index (χ1n) is 24.4. The molecule has 0 saturated carbocycles. The lowest BCUT2D eigenvalue weighted by Gasteiger charge is -2.23. The van der Waals surface area contributed by atoms with E-state index in [4.69, 9.17) is 0 Å². The van der Waals surface area contributed by atoms with Crippen LogP contribution in [0.25, 0.3) is 117 Å². The Bertz CT molecular complexity index is 3700. The number of rotatable bonds is 8. The number of fused-ring (bicyclic) bond motifs is 6. The number of nitrogens with zero attached hydrogens (tertiary/aromatic N) is 1. The van der Waals surface area contributed by atoms with Crippen molar-refractivity contribution in [1.29, 1.82) is 0 Å². The molecule has 1 aliphatic rings. The lowest BCUT2D eigenvalue weighted by atomic mass is 9.81. The van der Waals surface area contributed by atoms with E-state index in [0.29, 0.717) is 0 Å². The van der Waals surface area contributed by atoms with E-state index in [1.54, 1.807) is 0 Å². The SMILES string of the molecule is CC1(C)c2cc(-c3ccccc3)ccc2-c2ccc(-n3c4ccc(-c5ccc(-c6ccc(-c7ccccc7)cc6)cc5)cc4c4cc(-c5ccc(-c6ccc(-c7ccccc7)cc6)cc5)ccc43)cc21. The van der Waals surface area contributed by atoms with Gasteiger partial charge in [-0.2, -0.15) is 0 Å². The smallest absolute Gasteiger partial charge is 0.0541 e. The molecule has 0 N–H and O–H groups in total. The predicted molar refractivity (Wildman–Crippen MR) is 296 cm³/mol. The van der Waals surface area contributed by atoms with Gasteiger partial charge in [0, 0.05) is 21.9 Å². The predicted octanol–water partition coefficient (Wildman–Crippen LogP) is 18.8. The highest BCUT2D eigenvalue weighted by Gasteiger charge is 2.36. The van der Waals surface area contributed by atoms with E-state index in [9.17, 15) is 0 Å². The van der Waals surface area contributed by atoms with Gasteiger partial charge >= 0.3 is 0 Å². The van der Waals surface area contributed by atoms with Gasteiger partial charge in [0.25, 0.3) is 0 Å². The minimum atomic E-state index is -0.170. The number of hydrogen-bond acceptors (Lipinski definition) is 0. The summed E-state index contributed by atoms with van der Waals surface area (Å²) in [6.45, 7) is 4.77. The van der Waals surface area contributed by atoms with E-state index in [-0.39, 0.29) is 5.41 Å². The van der Waals surface area contributed by atoms with Crippen molar-refractivity contribution in [2.75, 3.05) is 0 Å². The van der Waals surface area contributed by atoms with Gasteiger partial charge in [0.05, 0.1) is 11.0 Å². The quantitative estimate of drug-likeness (QED) is 0.143. The Balaban J connectivity index is 0.885. The molecular formula is C69H49N. The highest BCUT2D eigenvalue weighted by Crippen LogP contribution is 2.51. The van der Waals surface area contributed by atoms with Gasteiger partial charge in [0.2, 0.25) is 0 Å². The molecular weight excluding hydrogens is 843 g/mol. The van der Waals surface area contributed by atoms with E-state index in [1.165, 1.54) is 128 Å². The maximum atomic E-state index is 2.48. The van der Waals surface area contributed by atoms with Gasteiger partial charge in [-0.05, 0) is 143 Å². The van der Waals surface area contributed by atoms with Gasteiger partial charge in [-0.1, -0.05) is 232 Å². The van der Waals surface area contributed by atoms with Crippen LogP contribution in [0.1, 0.15) is 25.0 Å². The molecule has 11 aromatic carbocycles. The Kier molecular flexibility index (Phi) is 9.92. The van der Waals surface area contributed by atoms with Crippen LogP contribution in [0, 0.1) is 0 Å². The molecule has 0 fully saturated rings. The lowest BCUT2D eigenvalue weighted by Crippen LogP contribution is -2.15. The Morgan fingerprint density at radius 1 is 0.243 bits per heavy atom. The summed E-state index contributed by atoms with van der Waals surface area (Å²) >= 11 is 0. The molecule has 0 aliphatic heterocycles. The molecule has 1 heteroatoms. The zero-order chi connectivity index (χ0) is 46.8. The normalized spacial score (nSPS) is 12.5. The van der Waals surface area contributed by atoms with Crippen molar-refractivity contribution in [3.8, 4) is 94.7 Å². The number of hydrogen-bond donors (Lipinski definition) is 0. The van der Waals surface area contributed by atoms with E-state index in [0.717, 1.165) is 0 Å². The van der Waals surface area contributed by atoms with E-state index < -0.39 is 0 Å². The Hall–Kier alpha value is -8.78. The van der Waals surface area contributed by atoms with Crippen LogP contribution in [0.5, 0.6) is 0 Å². The zero-order valence-electron chi connectivity index (χ0n) is 39.3. The Morgan fingerprint density at radius 2 is 0.514 bits per heavy atom. The highest BCUT2D eigenvalue weighted by molar-refractivity contribution is 6.12. The molecule has 0 spiro atoms. The van der Waals surface area contributed by atoms with Crippen molar-refractivity contribution in [3.63, 3.8) is 0 Å². The van der Waals surface area contributed by atoms with Gasteiger partial charge in [0.1, 0.15) is 0 Å². The summed E-state index contributed by atoms with van der Waals surface area (Å²) in [6.07, 6.45) is 0. The van der Waals surface area contributed by atoms with Crippen molar-refractivity contribution in [3.05, 3.63) is 272 Å². The summed E-state index contributed by atoms with van der Waals surface area (Å²) < 4.78 is 2.48. The minimum absolute atomic E-state index is 0.170. The van der Waals surface area contributed by atoms with Gasteiger partial charge < -0.3 is 4.57 Å². The van der Waals surface area contributed by atoms with Crippen LogP contribution in [0.3, 0.4) is 0 Å². The fraction of sp³-hybridized carbons (Fsp3) is 0.0435. The van der Waals surface area contributed by atoms with Crippen LogP contribution in [-0.4, -0.2) is 4.57 Å². The second-order valence-corrected chi connectivity index (χ2v) is 19.3. The van der Waals surface area contributed by atoms with Gasteiger partial charge in [-0.15, -0.1) is 0 Å². The number of aromatic nitrogens is 1. The van der Waals surface area contributed by atoms with Crippen LogP contribution in [-0.2, 0) is 5.41 Å². The monoisotopic (exact) mass is 891 g/mol. The third-order valence-corrected chi connectivity index (χ3v) is 14.9. The molecule has 1 heterocycles. The van der Waals surface area contributed by atoms with Crippen LogP contribution < -0.4 is 0 Å². The van der Waals surface area contributed by atoms with Crippen LogP contribution >= 0.6 is 0 Å². The minimum Gasteiger partial charge on any atom is -0.309 e. The van der Waals surface area contributed by atoms with Crippen LogP contribution in [0.4, 0.5) is 0 Å². The molecule has 1 nitrogen and oxygen atoms in total. The molecule has 70 heavy (non-hydrogen) atoms. The summed E-state index contributed by atoms with van der Waals surface area (Å²) in [5.41, 5.74) is 25.8. The molecule has 0 atom stereocenters. The molecule has 13 rings (SSSR count). The number of benzene rings is 11. The van der Waals surface area contributed by atoms with Crippen molar-refractivity contribution >= 4 is 21.8 Å². The van der Waals surface area contributed by atoms with Crippen molar-refractivity contribution in [2.24, 2.45) is 0 Å². The third kappa shape index (κ3) is 7.18. The summed E-state index contributed by atoms with van der Waals surface area (Å²) in [5.74, 6) is 0. The molecule has 0 unspecified atom stereocenters. The summed E-state index contributed by atoms with van der Waals surface area (Å²) in [7, 11) is 0. The lowest BCUT2D eigenvalue weighted by molar-refractivity contribution is 0.660. The molecule has 1 aromatic heterocycles. The molecule has 12 aromatic rings. The van der Waals surface area contributed by atoms with Crippen molar-refractivity contribution < 1.29 is 0 Å².